The van der Waals surface area contributed by atoms with Crippen LogP contribution in [0.4, 0.5) is 23.2 Å². The summed E-state index contributed by atoms with van der Waals surface area (Å²) < 4.78 is 53.8. The van der Waals surface area contributed by atoms with Gasteiger partial charge in [0, 0.05) is 13.1 Å². The Morgan fingerprint density at radius 3 is 2.15 bits per heavy atom. The number of hydrogen-bond donors (Lipinski definition) is 0. The molecule has 0 amide bonds. The van der Waals surface area contributed by atoms with Crippen LogP contribution < -0.4 is 4.90 Å². The molecule has 1 unspecified atom stereocenters. The Labute approximate surface area is 115 Å². The van der Waals surface area contributed by atoms with E-state index in [9.17, 15) is 17.6 Å². The molecule has 1 saturated heterocycles. The lowest BCUT2D eigenvalue weighted by Gasteiger charge is -2.24. The Hall–Kier alpha value is -1.33. The Morgan fingerprint density at radius 2 is 1.60 bits per heavy atom. The zero-order valence-corrected chi connectivity index (χ0v) is 11.6. The van der Waals surface area contributed by atoms with Crippen molar-refractivity contribution in [3.05, 3.63) is 23.5 Å². The van der Waals surface area contributed by atoms with Crippen LogP contribution in [-0.2, 0) is 0 Å². The summed E-state index contributed by atoms with van der Waals surface area (Å²) in [7, 11) is 0. The molecule has 1 aromatic heterocycles. The molecule has 20 heavy (non-hydrogen) atoms. The van der Waals surface area contributed by atoms with Crippen molar-refractivity contribution in [3.8, 4) is 0 Å². The summed E-state index contributed by atoms with van der Waals surface area (Å²) >= 11 is 0. The number of rotatable bonds is 2. The average molecular weight is 290 g/mol. The molecule has 0 aliphatic carbocycles. The van der Waals surface area contributed by atoms with Crippen molar-refractivity contribution in [2.75, 3.05) is 18.0 Å². The SMILES string of the molecule is CC(C)C1CCCN(c2c(F)c(F)nc(F)c2F)CC1. The number of anilines is 1. The van der Waals surface area contributed by atoms with E-state index in [0.717, 1.165) is 19.3 Å². The predicted octanol–water partition coefficient (Wildman–Crippen LogP) is 3.90. The molecule has 1 aromatic rings. The minimum absolute atomic E-state index is 0.388. The van der Waals surface area contributed by atoms with Crippen molar-refractivity contribution >= 4 is 5.69 Å². The highest BCUT2D eigenvalue weighted by Crippen LogP contribution is 2.31. The van der Waals surface area contributed by atoms with Crippen molar-refractivity contribution in [2.24, 2.45) is 11.8 Å². The number of nitrogens with zero attached hydrogens (tertiary/aromatic N) is 2. The van der Waals surface area contributed by atoms with Gasteiger partial charge in [0.1, 0.15) is 5.69 Å². The lowest BCUT2D eigenvalue weighted by atomic mass is 9.89. The second-order valence-electron chi connectivity index (χ2n) is 5.59. The molecular formula is C14H18F4N2. The molecular weight excluding hydrogens is 272 g/mol. The van der Waals surface area contributed by atoms with Crippen LogP contribution in [0.2, 0.25) is 0 Å². The van der Waals surface area contributed by atoms with E-state index in [2.05, 4.69) is 18.8 Å². The minimum Gasteiger partial charge on any atom is -0.366 e. The number of pyridine rings is 1. The fourth-order valence-corrected chi connectivity index (χ4v) is 2.77. The summed E-state index contributed by atoms with van der Waals surface area (Å²) in [5.74, 6) is -5.07. The van der Waals surface area contributed by atoms with Gasteiger partial charge >= 0.3 is 0 Å². The molecule has 0 bridgehead atoms. The highest BCUT2D eigenvalue weighted by Gasteiger charge is 2.27. The third-order valence-corrected chi connectivity index (χ3v) is 4.01. The quantitative estimate of drug-likeness (QED) is 0.606. The molecule has 2 rings (SSSR count). The standard InChI is InChI=1S/C14H18F4N2/c1-8(2)9-4-3-6-20(7-5-9)12-10(15)13(17)19-14(18)11(12)16/h8-9H,3-7H2,1-2H3. The zero-order chi connectivity index (χ0) is 14.9. The van der Waals surface area contributed by atoms with Crippen molar-refractivity contribution in [1.29, 1.82) is 0 Å². The second-order valence-corrected chi connectivity index (χ2v) is 5.59. The first-order valence-electron chi connectivity index (χ1n) is 6.86. The van der Waals surface area contributed by atoms with Crippen LogP contribution in [0.15, 0.2) is 0 Å². The maximum Gasteiger partial charge on any atom is 0.253 e. The van der Waals surface area contributed by atoms with E-state index < -0.39 is 29.2 Å². The van der Waals surface area contributed by atoms with E-state index in [0.29, 0.717) is 24.9 Å². The average Bonchev–Trinajstić information content (AvgIpc) is 2.63. The maximum absolute atomic E-state index is 13.7. The van der Waals surface area contributed by atoms with Crippen LogP contribution in [-0.4, -0.2) is 18.1 Å². The first-order chi connectivity index (χ1) is 9.41. The molecule has 0 saturated carbocycles. The molecule has 2 nitrogen and oxygen atoms in total. The molecule has 112 valence electrons. The lowest BCUT2D eigenvalue weighted by molar-refractivity contribution is 0.351. The Bertz CT molecular complexity index is 464. The maximum atomic E-state index is 13.7. The Kier molecular flexibility index (Phi) is 4.50. The molecule has 0 aromatic carbocycles. The number of halogens is 4. The largest absolute Gasteiger partial charge is 0.366 e. The molecule has 1 aliphatic heterocycles. The molecule has 0 radical (unpaired) electrons. The minimum atomic E-state index is -1.59. The van der Waals surface area contributed by atoms with Crippen LogP contribution >= 0.6 is 0 Å². The highest BCUT2D eigenvalue weighted by molar-refractivity contribution is 5.48. The summed E-state index contributed by atoms with van der Waals surface area (Å²) in [6, 6.07) is 0. The fourth-order valence-electron chi connectivity index (χ4n) is 2.77. The van der Waals surface area contributed by atoms with Gasteiger partial charge in [0.2, 0.25) is 11.6 Å². The predicted molar refractivity (Wildman–Crippen MR) is 68.5 cm³/mol. The second kappa shape index (κ2) is 5.97. The fraction of sp³-hybridized carbons (Fsp3) is 0.643. The third kappa shape index (κ3) is 2.88. The van der Waals surface area contributed by atoms with Gasteiger partial charge in [0.25, 0.3) is 11.9 Å². The van der Waals surface area contributed by atoms with Crippen molar-refractivity contribution in [1.82, 2.24) is 4.98 Å². The molecule has 0 N–H and O–H groups in total. The van der Waals surface area contributed by atoms with E-state index in [4.69, 9.17) is 0 Å². The van der Waals surface area contributed by atoms with Gasteiger partial charge in [-0.15, -0.1) is 0 Å². The topological polar surface area (TPSA) is 16.1 Å². The molecule has 0 spiro atoms. The summed E-state index contributed by atoms with van der Waals surface area (Å²) in [6.45, 7) is 4.99. The monoisotopic (exact) mass is 290 g/mol. The lowest BCUT2D eigenvalue weighted by Crippen LogP contribution is -2.28. The van der Waals surface area contributed by atoms with Crippen LogP contribution in [0.5, 0.6) is 0 Å². The van der Waals surface area contributed by atoms with Crippen molar-refractivity contribution in [3.63, 3.8) is 0 Å². The Balaban J connectivity index is 2.28. The van der Waals surface area contributed by atoms with Crippen molar-refractivity contribution < 1.29 is 17.6 Å². The zero-order valence-electron chi connectivity index (χ0n) is 11.6. The van der Waals surface area contributed by atoms with Crippen LogP contribution in [0.25, 0.3) is 0 Å². The number of aromatic nitrogens is 1. The van der Waals surface area contributed by atoms with Gasteiger partial charge in [0.15, 0.2) is 0 Å². The van der Waals surface area contributed by atoms with Crippen LogP contribution in [0, 0.1) is 35.4 Å². The molecule has 6 heteroatoms. The van der Waals surface area contributed by atoms with Gasteiger partial charge in [-0.25, -0.2) is 0 Å². The van der Waals surface area contributed by atoms with E-state index in [1.54, 1.807) is 0 Å². The van der Waals surface area contributed by atoms with E-state index in [1.165, 1.54) is 4.90 Å². The Morgan fingerprint density at radius 1 is 1.00 bits per heavy atom. The third-order valence-electron chi connectivity index (χ3n) is 4.01. The van der Waals surface area contributed by atoms with E-state index in [1.807, 2.05) is 0 Å². The van der Waals surface area contributed by atoms with Gasteiger partial charge in [-0.3, -0.25) is 0 Å². The summed E-state index contributed by atoms with van der Waals surface area (Å²) in [5.41, 5.74) is -0.626. The van der Waals surface area contributed by atoms with Gasteiger partial charge in [-0.1, -0.05) is 13.8 Å². The van der Waals surface area contributed by atoms with Gasteiger partial charge in [-0.2, -0.15) is 22.5 Å². The van der Waals surface area contributed by atoms with Gasteiger partial charge < -0.3 is 4.90 Å². The highest BCUT2D eigenvalue weighted by atomic mass is 19.2. The molecule has 1 aliphatic rings. The summed E-state index contributed by atoms with van der Waals surface area (Å²) in [5, 5.41) is 0. The van der Waals surface area contributed by atoms with Crippen LogP contribution in [0.3, 0.4) is 0 Å². The van der Waals surface area contributed by atoms with Gasteiger partial charge in [-0.05, 0) is 31.1 Å². The van der Waals surface area contributed by atoms with Crippen LogP contribution in [0.1, 0.15) is 33.1 Å². The first kappa shape index (κ1) is 15.1. The molecule has 1 fully saturated rings. The normalized spacial score (nSPS) is 20.4. The van der Waals surface area contributed by atoms with E-state index >= 15 is 0 Å². The summed E-state index contributed by atoms with van der Waals surface area (Å²) in [6.07, 6.45) is 2.45. The molecule has 2 heterocycles. The van der Waals surface area contributed by atoms with Crippen molar-refractivity contribution in [2.45, 2.75) is 33.1 Å². The number of hydrogen-bond acceptors (Lipinski definition) is 2. The smallest absolute Gasteiger partial charge is 0.253 e. The van der Waals surface area contributed by atoms with Gasteiger partial charge in [0.05, 0.1) is 0 Å². The first-order valence-corrected chi connectivity index (χ1v) is 6.86. The van der Waals surface area contributed by atoms with E-state index in [-0.39, 0.29) is 0 Å². The molecule has 1 atom stereocenters. The summed E-state index contributed by atoms with van der Waals surface area (Å²) in [4.78, 5) is 3.97.